The predicted octanol–water partition coefficient (Wildman–Crippen LogP) is 3.46. The van der Waals surface area contributed by atoms with Crippen molar-refractivity contribution in [3.8, 4) is 0 Å². The minimum absolute atomic E-state index is 0.0249. The molecule has 0 radical (unpaired) electrons. The first-order valence-electron chi connectivity index (χ1n) is 5.57. The molecular weight excluding hydrogens is 352 g/mol. The van der Waals surface area contributed by atoms with Gasteiger partial charge in [0.25, 0.3) is 5.69 Å². The summed E-state index contributed by atoms with van der Waals surface area (Å²) in [7, 11) is 0. The van der Waals surface area contributed by atoms with Gasteiger partial charge in [-0.3, -0.25) is 10.1 Å². The Balaban J connectivity index is 3.45. The van der Waals surface area contributed by atoms with E-state index in [1.165, 1.54) is 6.07 Å². The van der Waals surface area contributed by atoms with E-state index in [1.54, 1.807) is 29.5 Å². The van der Waals surface area contributed by atoms with Crippen molar-refractivity contribution in [1.82, 2.24) is 0 Å². The van der Waals surface area contributed by atoms with Gasteiger partial charge < -0.3 is 5.11 Å². The summed E-state index contributed by atoms with van der Waals surface area (Å²) in [6, 6.07) is 2.38. The number of aliphatic hydroxyl groups excluding tert-OH is 1. The molecule has 0 heterocycles. The van der Waals surface area contributed by atoms with Gasteiger partial charge >= 0.3 is 0 Å². The number of halogens is 2. The molecule has 0 aromatic heterocycles. The van der Waals surface area contributed by atoms with E-state index in [1.807, 2.05) is 13.8 Å². The summed E-state index contributed by atoms with van der Waals surface area (Å²) >= 11 is 1.72. The molecule has 6 heteroatoms. The Hall–Kier alpha value is -0.760. The van der Waals surface area contributed by atoms with Crippen LogP contribution in [0.4, 0.5) is 10.1 Å². The molecule has 18 heavy (non-hydrogen) atoms. The molecule has 0 spiro atoms. The number of hydrogen-bond acceptors (Lipinski definition) is 3. The van der Waals surface area contributed by atoms with Gasteiger partial charge in [0.05, 0.1) is 14.6 Å². The van der Waals surface area contributed by atoms with Crippen LogP contribution in [0.1, 0.15) is 32.3 Å². The van der Waals surface area contributed by atoms with E-state index in [-0.39, 0.29) is 20.7 Å². The Morgan fingerprint density at radius 1 is 1.39 bits per heavy atom. The molecule has 1 N–H and O–H groups in total. The van der Waals surface area contributed by atoms with Crippen LogP contribution < -0.4 is 0 Å². The Labute approximate surface area is 118 Å². The van der Waals surface area contributed by atoms with Crippen molar-refractivity contribution in [2.75, 3.05) is 0 Å². The van der Waals surface area contributed by atoms with E-state index in [9.17, 15) is 19.6 Å². The van der Waals surface area contributed by atoms with E-state index >= 15 is 0 Å². The average Bonchev–Trinajstić information content (AvgIpc) is 2.21. The fourth-order valence-corrected chi connectivity index (χ4v) is 2.60. The van der Waals surface area contributed by atoms with Gasteiger partial charge in [0.15, 0.2) is 0 Å². The number of nitro benzene ring substituents is 1. The zero-order valence-electron chi connectivity index (χ0n) is 10.4. The van der Waals surface area contributed by atoms with E-state index in [0.29, 0.717) is 0 Å². The number of nitro groups is 1. The Morgan fingerprint density at radius 2 is 1.94 bits per heavy atom. The highest BCUT2D eigenvalue weighted by molar-refractivity contribution is 14.1. The molecule has 2 unspecified atom stereocenters. The van der Waals surface area contributed by atoms with Crippen LogP contribution in [0.3, 0.4) is 0 Å². The van der Waals surface area contributed by atoms with E-state index in [2.05, 4.69) is 0 Å². The Morgan fingerprint density at radius 3 is 2.33 bits per heavy atom. The smallest absolute Gasteiger partial charge is 0.274 e. The van der Waals surface area contributed by atoms with E-state index < -0.39 is 22.8 Å². The molecule has 1 rings (SSSR count). The number of benzene rings is 1. The van der Waals surface area contributed by atoms with Crippen LogP contribution in [0.25, 0.3) is 0 Å². The number of rotatable bonds is 4. The summed E-state index contributed by atoms with van der Waals surface area (Å²) < 4.78 is 13.8. The summed E-state index contributed by atoms with van der Waals surface area (Å²) in [6.45, 7) is 5.25. The third-order valence-electron chi connectivity index (χ3n) is 2.86. The first kappa shape index (κ1) is 15.3. The maximum atomic E-state index is 13.6. The Kier molecular flexibility index (Phi) is 5.03. The molecule has 0 aliphatic rings. The minimum atomic E-state index is -0.775. The maximum Gasteiger partial charge on any atom is 0.274 e. The fraction of sp³-hybridized carbons (Fsp3) is 0.500. The van der Waals surface area contributed by atoms with Crippen LogP contribution in [0.2, 0.25) is 0 Å². The molecule has 0 aliphatic carbocycles. The third-order valence-corrected chi connectivity index (χ3v) is 3.69. The minimum Gasteiger partial charge on any atom is -0.393 e. The standard InChI is InChI=1S/C12H15FINO3/c1-6(2)12(7(3)16)8-4-9(13)10(14)5-11(8)15(17)18/h4-7,12,16H,1-3H3. The van der Waals surface area contributed by atoms with Crippen LogP contribution in [-0.2, 0) is 0 Å². The summed E-state index contributed by atoms with van der Waals surface area (Å²) in [5.74, 6) is -0.984. The predicted molar refractivity (Wildman–Crippen MR) is 75.0 cm³/mol. The molecule has 0 saturated heterocycles. The first-order valence-corrected chi connectivity index (χ1v) is 6.65. The van der Waals surface area contributed by atoms with Crippen molar-refractivity contribution >= 4 is 28.3 Å². The van der Waals surface area contributed by atoms with Gasteiger partial charge in [0, 0.05) is 17.5 Å². The molecule has 0 saturated carbocycles. The molecular formula is C12H15FINO3. The van der Waals surface area contributed by atoms with Crippen molar-refractivity contribution in [3.05, 3.63) is 37.2 Å². The monoisotopic (exact) mass is 367 g/mol. The summed E-state index contributed by atoms with van der Waals surface area (Å²) in [5, 5.41) is 20.8. The van der Waals surface area contributed by atoms with Crippen LogP contribution in [-0.4, -0.2) is 16.1 Å². The third kappa shape index (κ3) is 3.17. The molecule has 0 amide bonds. The van der Waals surface area contributed by atoms with Gasteiger partial charge in [-0.1, -0.05) is 13.8 Å². The fourth-order valence-electron chi connectivity index (χ4n) is 2.15. The number of aliphatic hydroxyl groups is 1. The van der Waals surface area contributed by atoms with Crippen LogP contribution >= 0.6 is 22.6 Å². The topological polar surface area (TPSA) is 63.4 Å². The summed E-state index contributed by atoms with van der Waals surface area (Å²) in [5.41, 5.74) is 0.114. The lowest BCUT2D eigenvalue weighted by molar-refractivity contribution is -0.386. The highest BCUT2D eigenvalue weighted by Gasteiger charge is 2.29. The lowest BCUT2D eigenvalue weighted by Crippen LogP contribution is -2.21. The lowest BCUT2D eigenvalue weighted by Gasteiger charge is -2.24. The molecule has 0 bridgehead atoms. The van der Waals surface area contributed by atoms with Crippen molar-refractivity contribution < 1.29 is 14.4 Å². The van der Waals surface area contributed by atoms with Gasteiger partial charge in [-0.25, -0.2) is 4.39 Å². The van der Waals surface area contributed by atoms with Crippen molar-refractivity contribution in [1.29, 1.82) is 0 Å². The second-order valence-electron chi connectivity index (χ2n) is 4.59. The number of hydrogen-bond donors (Lipinski definition) is 1. The van der Waals surface area contributed by atoms with Gasteiger partial charge in [-0.2, -0.15) is 0 Å². The molecule has 4 nitrogen and oxygen atoms in total. The highest BCUT2D eigenvalue weighted by Crippen LogP contribution is 2.36. The largest absolute Gasteiger partial charge is 0.393 e. The van der Waals surface area contributed by atoms with Crippen LogP contribution in [0, 0.1) is 25.4 Å². The second kappa shape index (κ2) is 5.92. The van der Waals surface area contributed by atoms with Crippen molar-refractivity contribution in [2.45, 2.75) is 32.8 Å². The Bertz CT molecular complexity index is 455. The zero-order valence-corrected chi connectivity index (χ0v) is 12.5. The molecule has 0 fully saturated rings. The first-order chi connectivity index (χ1) is 8.25. The quantitative estimate of drug-likeness (QED) is 0.504. The van der Waals surface area contributed by atoms with Gasteiger partial charge in [-0.05, 0) is 41.5 Å². The van der Waals surface area contributed by atoms with Crippen molar-refractivity contribution in [2.24, 2.45) is 5.92 Å². The SMILES string of the molecule is CC(C)C(c1cc(F)c(I)cc1[N+](=O)[O-])C(C)O. The van der Waals surface area contributed by atoms with E-state index in [0.717, 1.165) is 6.07 Å². The molecule has 0 aliphatic heterocycles. The average molecular weight is 367 g/mol. The van der Waals surface area contributed by atoms with Crippen molar-refractivity contribution in [3.63, 3.8) is 0 Å². The van der Waals surface area contributed by atoms with Gasteiger partial charge in [0.1, 0.15) is 5.82 Å². The summed E-state index contributed by atoms with van der Waals surface area (Å²) in [6.07, 6.45) is -0.775. The molecule has 2 atom stereocenters. The number of nitrogens with zero attached hydrogens (tertiary/aromatic N) is 1. The van der Waals surface area contributed by atoms with E-state index in [4.69, 9.17) is 0 Å². The molecule has 1 aromatic carbocycles. The van der Waals surface area contributed by atoms with Gasteiger partial charge in [-0.15, -0.1) is 0 Å². The van der Waals surface area contributed by atoms with Crippen LogP contribution in [0.5, 0.6) is 0 Å². The maximum absolute atomic E-state index is 13.6. The normalized spacial score (nSPS) is 14.6. The highest BCUT2D eigenvalue weighted by atomic mass is 127. The molecule has 1 aromatic rings. The summed E-state index contributed by atoms with van der Waals surface area (Å²) in [4.78, 5) is 10.5. The lowest BCUT2D eigenvalue weighted by atomic mass is 9.83. The zero-order chi connectivity index (χ0) is 14.0. The molecule has 100 valence electrons. The van der Waals surface area contributed by atoms with Crippen LogP contribution in [0.15, 0.2) is 12.1 Å². The van der Waals surface area contributed by atoms with Gasteiger partial charge in [0.2, 0.25) is 0 Å². The second-order valence-corrected chi connectivity index (χ2v) is 5.75.